The summed E-state index contributed by atoms with van der Waals surface area (Å²) in [6.45, 7) is 8.10. The molecule has 24 heavy (non-hydrogen) atoms. The lowest BCUT2D eigenvalue weighted by Gasteiger charge is -2.39. The van der Waals surface area contributed by atoms with Crippen molar-refractivity contribution in [2.24, 2.45) is 5.92 Å². The largest absolute Gasteiger partial charge is 0.347 e. The number of hydrogen-bond acceptors (Lipinski definition) is 7. The van der Waals surface area contributed by atoms with E-state index in [2.05, 4.69) is 45.7 Å². The Morgan fingerprint density at radius 3 is 2.96 bits per heavy atom. The van der Waals surface area contributed by atoms with Crippen molar-refractivity contribution in [3.8, 4) is 0 Å². The highest BCUT2D eigenvalue weighted by Gasteiger charge is 2.42. The average Bonchev–Trinajstić information content (AvgIpc) is 3.32. The Morgan fingerprint density at radius 1 is 1.38 bits per heavy atom. The fraction of sp³-hybridized carbons (Fsp3) is 0.688. The van der Waals surface area contributed by atoms with Gasteiger partial charge in [0.15, 0.2) is 5.79 Å². The second-order valence-electron chi connectivity index (χ2n) is 6.66. The Balaban J connectivity index is 1.52. The van der Waals surface area contributed by atoms with Gasteiger partial charge in [-0.2, -0.15) is 0 Å². The van der Waals surface area contributed by atoms with E-state index in [0.29, 0.717) is 19.1 Å². The Morgan fingerprint density at radius 2 is 2.21 bits per heavy atom. The van der Waals surface area contributed by atoms with Crippen LogP contribution in [0.15, 0.2) is 11.4 Å². The second-order valence-corrected chi connectivity index (χ2v) is 7.66. The van der Waals surface area contributed by atoms with Gasteiger partial charge in [-0.3, -0.25) is 0 Å². The van der Waals surface area contributed by atoms with Crippen molar-refractivity contribution in [2.45, 2.75) is 39.0 Å². The molecule has 4 heterocycles. The maximum Gasteiger partial charge on any atom is 0.245 e. The van der Waals surface area contributed by atoms with E-state index >= 15 is 0 Å². The molecule has 2 fully saturated rings. The first-order valence-corrected chi connectivity index (χ1v) is 9.36. The molecule has 0 bridgehead atoms. The zero-order valence-electron chi connectivity index (χ0n) is 14.1. The molecule has 8 heteroatoms. The summed E-state index contributed by atoms with van der Waals surface area (Å²) >= 11 is 1.75. The van der Waals surface area contributed by atoms with E-state index in [1.165, 1.54) is 10.4 Å². The van der Waals surface area contributed by atoms with Crippen LogP contribution in [0.2, 0.25) is 0 Å². The van der Waals surface area contributed by atoms with E-state index in [4.69, 9.17) is 9.47 Å². The van der Waals surface area contributed by atoms with Gasteiger partial charge in [-0.05, 0) is 54.1 Å². The number of tetrazole rings is 1. The van der Waals surface area contributed by atoms with Crippen LogP contribution in [-0.4, -0.2) is 52.3 Å². The lowest BCUT2D eigenvalue weighted by molar-refractivity contribution is -0.182. The van der Waals surface area contributed by atoms with Crippen LogP contribution in [0.3, 0.4) is 0 Å². The minimum absolute atomic E-state index is 0.336. The number of hydrogen-bond donors (Lipinski definition) is 0. The van der Waals surface area contributed by atoms with Gasteiger partial charge in [0.25, 0.3) is 0 Å². The average molecular weight is 349 g/mol. The number of anilines is 1. The van der Waals surface area contributed by atoms with Gasteiger partial charge in [0.1, 0.15) is 0 Å². The minimum Gasteiger partial charge on any atom is -0.347 e. The van der Waals surface area contributed by atoms with Crippen molar-refractivity contribution in [3.63, 3.8) is 0 Å². The summed E-state index contributed by atoms with van der Waals surface area (Å²) in [6, 6.07) is 2.14. The third kappa shape index (κ3) is 2.94. The van der Waals surface area contributed by atoms with Crippen molar-refractivity contribution in [3.05, 3.63) is 21.9 Å². The SMILES string of the molecule is Cc1ccsc1Cn1nnnc1N1CCCC(C2(C)OCCO2)C1. The predicted molar refractivity (Wildman–Crippen MR) is 91.2 cm³/mol. The van der Waals surface area contributed by atoms with Crippen molar-refractivity contribution >= 4 is 17.3 Å². The van der Waals surface area contributed by atoms with Crippen molar-refractivity contribution < 1.29 is 9.47 Å². The van der Waals surface area contributed by atoms with Crippen LogP contribution in [0.5, 0.6) is 0 Å². The summed E-state index contributed by atoms with van der Waals surface area (Å²) in [5, 5.41) is 14.5. The first kappa shape index (κ1) is 16.0. The molecule has 0 N–H and O–H groups in total. The topological polar surface area (TPSA) is 65.3 Å². The molecule has 130 valence electrons. The van der Waals surface area contributed by atoms with Crippen LogP contribution in [0.4, 0.5) is 5.95 Å². The summed E-state index contributed by atoms with van der Waals surface area (Å²) in [5.74, 6) is 0.706. The molecule has 4 rings (SSSR count). The Bertz CT molecular complexity index is 694. The second kappa shape index (κ2) is 6.42. The molecule has 2 aromatic heterocycles. The zero-order valence-corrected chi connectivity index (χ0v) is 15.0. The lowest BCUT2D eigenvalue weighted by atomic mass is 9.90. The van der Waals surface area contributed by atoms with Crippen LogP contribution in [-0.2, 0) is 16.0 Å². The van der Waals surface area contributed by atoms with Gasteiger partial charge in [-0.25, -0.2) is 4.68 Å². The van der Waals surface area contributed by atoms with E-state index in [9.17, 15) is 0 Å². The van der Waals surface area contributed by atoms with Crippen LogP contribution in [0.25, 0.3) is 0 Å². The van der Waals surface area contributed by atoms with Gasteiger partial charge >= 0.3 is 0 Å². The van der Waals surface area contributed by atoms with Crippen LogP contribution in [0.1, 0.15) is 30.2 Å². The van der Waals surface area contributed by atoms with E-state index in [1.54, 1.807) is 11.3 Å². The summed E-state index contributed by atoms with van der Waals surface area (Å²) in [4.78, 5) is 3.57. The third-order valence-electron chi connectivity index (χ3n) is 5.08. The first-order chi connectivity index (χ1) is 11.7. The maximum absolute atomic E-state index is 5.87. The third-order valence-corrected chi connectivity index (χ3v) is 6.09. The predicted octanol–water partition coefficient (Wildman–Crippen LogP) is 2.07. The number of nitrogens with zero attached hydrogens (tertiary/aromatic N) is 5. The Labute approximate surface area is 145 Å². The van der Waals surface area contributed by atoms with Crippen LogP contribution < -0.4 is 4.90 Å². The molecule has 0 amide bonds. The maximum atomic E-state index is 5.87. The molecule has 1 atom stereocenters. The highest BCUT2D eigenvalue weighted by atomic mass is 32.1. The van der Waals surface area contributed by atoms with Gasteiger partial charge in [0, 0.05) is 23.9 Å². The molecule has 0 aromatic carbocycles. The highest BCUT2D eigenvalue weighted by molar-refractivity contribution is 7.10. The molecular weight excluding hydrogens is 326 g/mol. The first-order valence-electron chi connectivity index (χ1n) is 8.48. The van der Waals surface area contributed by atoms with Crippen molar-refractivity contribution in [1.82, 2.24) is 20.2 Å². The molecule has 0 radical (unpaired) electrons. The zero-order chi connectivity index (χ0) is 16.6. The fourth-order valence-electron chi connectivity index (χ4n) is 3.58. The van der Waals surface area contributed by atoms with Gasteiger partial charge < -0.3 is 14.4 Å². The monoisotopic (exact) mass is 349 g/mol. The van der Waals surface area contributed by atoms with E-state index < -0.39 is 5.79 Å². The Kier molecular flexibility index (Phi) is 4.28. The summed E-state index contributed by atoms with van der Waals surface area (Å²) in [7, 11) is 0. The van der Waals surface area contributed by atoms with Gasteiger partial charge in [0.05, 0.1) is 19.8 Å². The lowest BCUT2D eigenvalue weighted by Crippen LogP contribution is -2.47. The number of thiophene rings is 1. The molecule has 2 aliphatic heterocycles. The molecule has 1 unspecified atom stereocenters. The number of aromatic nitrogens is 4. The van der Waals surface area contributed by atoms with Crippen LogP contribution >= 0.6 is 11.3 Å². The smallest absolute Gasteiger partial charge is 0.245 e. The van der Waals surface area contributed by atoms with Crippen LogP contribution in [0, 0.1) is 12.8 Å². The van der Waals surface area contributed by atoms with E-state index in [-0.39, 0.29) is 0 Å². The number of ether oxygens (including phenoxy) is 2. The Hall–Kier alpha value is -1.51. The summed E-state index contributed by atoms with van der Waals surface area (Å²) < 4.78 is 13.6. The van der Waals surface area contributed by atoms with Crippen molar-refractivity contribution in [2.75, 3.05) is 31.2 Å². The number of rotatable bonds is 4. The molecule has 0 saturated carbocycles. The van der Waals surface area contributed by atoms with Gasteiger partial charge in [-0.1, -0.05) is 5.10 Å². The minimum atomic E-state index is -0.471. The highest BCUT2D eigenvalue weighted by Crippen LogP contribution is 2.35. The summed E-state index contributed by atoms with van der Waals surface area (Å²) in [5.41, 5.74) is 1.29. The quantitative estimate of drug-likeness (QED) is 0.842. The molecular formula is C16H23N5O2S. The molecule has 2 aliphatic rings. The number of piperidine rings is 1. The van der Waals surface area contributed by atoms with Gasteiger partial charge in [0.2, 0.25) is 5.95 Å². The summed E-state index contributed by atoms with van der Waals surface area (Å²) in [6.07, 6.45) is 2.20. The number of aryl methyl sites for hydroxylation is 1. The van der Waals surface area contributed by atoms with E-state index in [0.717, 1.165) is 38.4 Å². The molecule has 2 saturated heterocycles. The van der Waals surface area contributed by atoms with Crippen molar-refractivity contribution in [1.29, 1.82) is 0 Å². The fourth-order valence-corrected chi connectivity index (χ4v) is 4.47. The normalized spacial score (nSPS) is 23.8. The molecule has 2 aromatic rings. The molecule has 0 spiro atoms. The standard InChI is InChI=1S/C16H23N5O2S/c1-12-5-9-24-14(12)11-21-15(17-18-19-21)20-6-3-4-13(10-20)16(2)22-7-8-23-16/h5,9,13H,3-4,6-8,10-11H2,1-2H3. The van der Waals surface area contributed by atoms with Gasteiger partial charge in [-0.15, -0.1) is 11.3 Å². The molecule has 0 aliphatic carbocycles. The molecule has 7 nitrogen and oxygen atoms in total. The van der Waals surface area contributed by atoms with E-state index in [1.807, 2.05) is 4.68 Å².